The average molecular weight is 465 g/mol. The van der Waals surface area contributed by atoms with E-state index in [1.54, 1.807) is 0 Å². The molecular formula is C29H40N2O3. The van der Waals surface area contributed by atoms with Gasteiger partial charge in [0.2, 0.25) is 0 Å². The molecule has 0 spiro atoms. The van der Waals surface area contributed by atoms with E-state index in [1.165, 1.54) is 19.3 Å². The first-order chi connectivity index (χ1) is 16.4. The molecule has 2 aromatic rings. The number of likely N-dealkylation sites (tertiary alicyclic amines) is 1. The van der Waals surface area contributed by atoms with Gasteiger partial charge in [-0.05, 0) is 86.5 Å². The van der Waals surface area contributed by atoms with Crippen LogP contribution in [0.15, 0.2) is 30.3 Å². The number of aromatic nitrogens is 1. The van der Waals surface area contributed by atoms with E-state index in [2.05, 4.69) is 49.1 Å². The van der Waals surface area contributed by atoms with Crippen LogP contribution in [-0.2, 0) is 11.3 Å². The molecule has 2 saturated carbocycles. The number of nitrogens with zero attached hydrogens (tertiary/aromatic N) is 2. The lowest BCUT2D eigenvalue weighted by molar-refractivity contribution is -0.144. The molecular weight excluding hydrogens is 424 g/mol. The summed E-state index contributed by atoms with van der Waals surface area (Å²) in [4.78, 5) is 18.7. The van der Waals surface area contributed by atoms with Crippen molar-refractivity contribution >= 4 is 16.9 Å². The second-order valence-corrected chi connectivity index (χ2v) is 11.5. The van der Waals surface area contributed by atoms with Crippen LogP contribution in [0.4, 0.5) is 0 Å². The highest BCUT2D eigenvalue weighted by atomic mass is 16.5. The fraction of sp³-hybridized carbons (Fsp3) is 0.655. The van der Waals surface area contributed by atoms with Crippen LogP contribution >= 0.6 is 0 Å². The van der Waals surface area contributed by atoms with Gasteiger partial charge in [-0.2, -0.15) is 0 Å². The van der Waals surface area contributed by atoms with Crippen molar-refractivity contribution in [3.05, 3.63) is 36.0 Å². The largest absolute Gasteiger partial charge is 0.490 e. The Morgan fingerprint density at radius 1 is 1.06 bits per heavy atom. The van der Waals surface area contributed by atoms with E-state index < -0.39 is 5.97 Å². The van der Waals surface area contributed by atoms with Crippen LogP contribution in [0.2, 0.25) is 0 Å². The van der Waals surface area contributed by atoms with E-state index in [9.17, 15) is 9.90 Å². The lowest BCUT2D eigenvalue weighted by Gasteiger charge is -2.45. The zero-order valence-electron chi connectivity index (χ0n) is 20.8. The molecule has 1 aliphatic heterocycles. The highest BCUT2D eigenvalue weighted by Crippen LogP contribution is 2.38. The first kappa shape index (κ1) is 23.6. The van der Waals surface area contributed by atoms with E-state index in [4.69, 9.17) is 9.72 Å². The summed E-state index contributed by atoms with van der Waals surface area (Å²) in [5, 5.41) is 10.5. The number of carbonyl (C=O) groups is 1. The Morgan fingerprint density at radius 3 is 2.59 bits per heavy atom. The minimum atomic E-state index is -0.603. The third-order valence-electron chi connectivity index (χ3n) is 8.78. The van der Waals surface area contributed by atoms with Crippen molar-refractivity contribution in [1.82, 2.24) is 9.88 Å². The third-order valence-corrected chi connectivity index (χ3v) is 8.78. The van der Waals surface area contributed by atoms with E-state index in [0.29, 0.717) is 17.9 Å². The highest BCUT2D eigenvalue weighted by Gasteiger charge is 2.37. The molecule has 0 bridgehead atoms. The molecule has 1 aromatic heterocycles. The summed E-state index contributed by atoms with van der Waals surface area (Å²) in [6.45, 7) is 7.69. The Balaban J connectivity index is 1.12. The van der Waals surface area contributed by atoms with E-state index >= 15 is 0 Å². The molecule has 5 nitrogen and oxygen atoms in total. The lowest BCUT2D eigenvalue weighted by atomic mass is 9.72. The zero-order chi connectivity index (χ0) is 23.7. The Kier molecular flexibility index (Phi) is 7.10. The Hall–Kier alpha value is -2.14. The number of benzene rings is 1. The molecule has 2 aliphatic carbocycles. The molecule has 184 valence electrons. The van der Waals surface area contributed by atoms with Gasteiger partial charge in [-0.3, -0.25) is 14.7 Å². The molecule has 2 unspecified atom stereocenters. The molecule has 1 N–H and O–H groups in total. The average Bonchev–Trinajstić information content (AvgIpc) is 2.81. The van der Waals surface area contributed by atoms with Gasteiger partial charge in [0.05, 0.1) is 23.2 Å². The monoisotopic (exact) mass is 464 g/mol. The van der Waals surface area contributed by atoms with Crippen LogP contribution in [-0.4, -0.2) is 40.2 Å². The van der Waals surface area contributed by atoms with Crippen LogP contribution < -0.4 is 4.74 Å². The maximum atomic E-state index is 11.4. The van der Waals surface area contributed by atoms with Crippen molar-refractivity contribution in [2.75, 3.05) is 13.1 Å². The number of aliphatic carboxylic acids is 1. The minimum Gasteiger partial charge on any atom is -0.490 e. The second-order valence-electron chi connectivity index (χ2n) is 11.5. The molecule has 34 heavy (non-hydrogen) atoms. The van der Waals surface area contributed by atoms with Gasteiger partial charge in [0.25, 0.3) is 0 Å². The van der Waals surface area contributed by atoms with Crippen molar-refractivity contribution in [1.29, 1.82) is 0 Å². The summed E-state index contributed by atoms with van der Waals surface area (Å²) >= 11 is 0. The highest BCUT2D eigenvalue weighted by molar-refractivity contribution is 5.80. The van der Waals surface area contributed by atoms with Gasteiger partial charge in [0.1, 0.15) is 5.75 Å². The Bertz CT molecular complexity index is 992. The molecule has 1 aromatic carbocycles. The van der Waals surface area contributed by atoms with Gasteiger partial charge in [-0.15, -0.1) is 0 Å². The van der Waals surface area contributed by atoms with Crippen LogP contribution in [0.3, 0.4) is 0 Å². The van der Waals surface area contributed by atoms with Crippen molar-refractivity contribution in [2.45, 2.75) is 77.9 Å². The lowest BCUT2D eigenvalue weighted by Crippen LogP contribution is -2.50. The van der Waals surface area contributed by atoms with Crippen LogP contribution in [0, 0.1) is 29.6 Å². The topological polar surface area (TPSA) is 62.7 Å². The number of hydrogen-bond donors (Lipinski definition) is 1. The van der Waals surface area contributed by atoms with Crippen molar-refractivity contribution in [2.24, 2.45) is 29.6 Å². The standard InChI is InChI=1S/C29H40N2O3/c1-19(2)20-7-10-26(11-8-20)34-27-12-13-28-22(15-27)6-9-25(30-28)18-31-16-24(17-31)21-4-3-5-23(14-21)29(32)33/h6,9,12-13,15,19-21,23-24,26H,3-5,7-8,10-11,14,16-18H2,1-2H3,(H,32,33). The first-order valence-electron chi connectivity index (χ1n) is 13.5. The molecule has 3 fully saturated rings. The van der Waals surface area contributed by atoms with Crippen LogP contribution in [0.25, 0.3) is 10.9 Å². The number of hydrogen-bond acceptors (Lipinski definition) is 4. The van der Waals surface area contributed by atoms with Gasteiger partial charge in [-0.1, -0.05) is 32.8 Å². The third kappa shape index (κ3) is 5.40. The van der Waals surface area contributed by atoms with Crippen molar-refractivity contribution in [3.8, 4) is 5.75 Å². The second kappa shape index (κ2) is 10.2. The van der Waals surface area contributed by atoms with Crippen molar-refractivity contribution < 1.29 is 14.6 Å². The molecule has 5 heteroatoms. The smallest absolute Gasteiger partial charge is 0.306 e. The Labute approximate surface area is 203 Å². The predicted octanol–water partition coefficient (Wildman–Crippen LogP) is 6.15. The van der Waals surface area contributed by atoms with Gasteiger partial charge in [0, 0.05) is 25.0 Å². The summed E-state index contributed by atoms with van der Waals surface area (Å²) in [5.74, 6) is 3.10. The number of ether oxygens (including phenoxy) is 1. The number of rotatable bonds is 7. The summed E-state index contributed by atoms with van der Waals surface area (Å²) in [5.41, 5.74) is 2.14. The normalized spacial score (nSPS) is 28.7. The SMILES string of the molecule is CC(C)C1CCC(Oc2ccc3nc(CN4CC(C5CCCC(C(=O)O)C5)C4)ccc3c2)CC1. The Morgan fingerprint density at radius 2 is 1.85 bits per heavy atom. The fourth-order valence-corrected chi connectivity index (χ4v) is 6.52. The fourth-order valence-electron chi connectivity index (χ4n) is 6.52. The quantitative estimate of drug-likeness (QED) is 0.532. The van der Waals surface area contributed by atoms with Crippen LogP contribution in [0.5, 0.6) is 5.75 Å². The maximum absolute atomic E-state index is 11.4. The minimum absolute atomic E-state index is 0.126. The molecule has 2 atom stereocenters. The van der Waals surface area contributed by atoms with E-state index in [1.807, 2.05) is 0 Å². The first-order valence-corrected chi connectivity index (χ1v) is 13.5. The summed E-state index contributed by atoms with van der Waals surface area (Å²) < 4.78 is 6.33. The molecule has 3 aliphatic rings. The number of carboxylic acids is 1. The molecule has 5 rings (SSSR count). The zero-order valence-corrected chi connectivity index (χ0v) is 20.8. The van der Waals surface area contributed by atoms with E-state index in [0.717, 1.165) is 85.9 Å². The van der Waals surface area contributed by atoms with Gasteiger partial charge in [-0.25, -0.2) is 0 Å². The number of carboxylic acid groups (broad SMARTS) is 1. The predicted molar refractivity (Wildman–Crippen MR) is 135 cm³/mol. The molecule has 2 heterocycles. The summed E-state index contributed by atoms with van der Waals surface area (Å²) in [7, 11) is 0. The van der Waals surface area contributed by atoms with Crippen LogP contribution in [0.1, 0.15) is 70.9 Å². The van der Waals surface area contributed by atoms with Gasteiger partial charge in [0.15, 0.2) is 0 Å². The summed E-state index contributed by atoms with van der Waals surface area (Å²) in [6.07, 6.45) is 9.20. The van der Waals surface area contributed by atoms with Gasteiger partial charge < -0.3 is 9.84 Å². The number of fused-ring (bicyclic) bond motifs is 1. The molecule has 0 amide bonds. The number of pyridine rings is 1. The summed E-state index contributed by atoms with van der Waals surface area (Å²) in [6, 6.07) is 10.6. The van der Waals surface area contributed by atoms with Crippen molar-refractivity contribution in [3.63, 3.8) is 0 Å². The molecule has 0 radical (unpaired) electrons. The van der Waals surface area contributed by atoms with Gasteiger partial charge >= 0.3 is 5.97 Å². The molecule has 1 saturated heterocycles. The van der Waals surface area contributed by atoms with E-state index in [-0.39, 0.29) is 5.92 Å². The maximum Gasteiger partial charge on any atom is 0.306 e.